The third kappa shape index (κ3) is 4.63. The van der Waals surface area contributed by atoms with Gasteiger partial charge in [-0.2, -0.15) is 0 Å². The molecule has 16 heavy (non-hydrogen) atoms. The zero-order valence-corrected chi connectivity index (χ0v) is 10.2. The number of hydrogen-bond donors (Lipinski definition) is 0. The number of rotatable bonds is 4. The van der Waals surface area contributed by atoms with Crippen LogP contribution in [0, 0.1) is 0 Å². The van der Waals surface area contributed by atoms with Gasteiger partial charge in [0.2, 0.25) is 0 Å². The van der Waals surface area contributed by atoms with Crippen LogP contribution in [-0.2, 0) is 19.1 Å². The van der Waals surface area contributed by atoms with Gasteiger partial charge in [0, 0.05) is 20.3 Å². The van der Waals surface area contributed by atoms with Gasteiger partial charge < -0.3 is 14.4 Å². The Balaban J connectivity index is 5.11. The van der Waals surface area contributed by atoms with Gasteiger partial charge in [0.25, 0.3) is 0 Å². The van der Waals surface area contributed by atoms with Crippen molar-refractivity contribution in [1.29, 1.82) is 0 Å². The summed E-state index contributed by atoms with van der Waals surface area (Å²) in [5, 5.41) is 0. The number of ether oxygens (including phenoxy) is 2. The third-order valence-corrected chi connectivity index (χ3v) is 1.64. The van der Waals surface area contributed by atoms with Crippen molar-refractivity contribution >= 4 is 11.9 Å². The summed E-state index contributed by atoms with van der Waals surface area (Å²) in [4.78, 5) is 24.4. The van der Waals surface area contributed by atoms with Gasteiger partial charge in [-0.25, -0.2) is 9.59 Å². The summed E-state index contributed by atoms with van der Waals surface area (Å²) in [6.07, 6.45) is 3.20. The van der Waals surface area contributed by atoms with Gasteiger partial charge in [0.1, 0.15) is 5.57 Å². The van der Waals surface area contributed by atoms with E-state index in [1.54, 1.807) is 18.0 Å². The fourth-order valence-corrected chi connectivity index (χ4v) is 1.09. The Kier molecular flexibility index (Phi) is 5.92. The van der Waals surface area contributed by atoms with Gasteiger partial charge in [-0.05, 0) is 18.6 Å². The topological polar surface area (TPSA) is 55.8 Å². The lowest BCUT2D eigenvalue weighted by Gasteiger charge is -2.07. The zero-order valence-electron chi connectivity index (χ0n) is 10.2. The summed E-state index contributed by atoms with van der Waals surface area (Å²) in [6.45, 7) is 1.77. The third-order valence-electron chi connectivity index (χ3n) is 1.64. The number of allylic oxidation sites excluding steroid dienone is 2. The SMILES string of the molecule is COC(=O)C(=CC(C)=CN(C)C)C(=O)OC. The molecule has 0 aromatic heterocycles. The van der Waals surface area contributed by atoms with Gasteiger partial charge in [-0.15, -0.1) is 0 Å². The highest BCUT2D eigenvalue weighted by atomic mass is 16.5. The van der Waals surface area contributed by atoms with Gasteiger partial charge in [-0.3, -0.25) is 0 Å². The van der Waals surface area contributed by atoms with E-state index in [-0.39, 0.29) is 5.57 Å². The van der Waals surface area contributed by atoms with E-state index in [0.29, 0.717) is 0 Å². The van der Waals surface area contributed by atoms with Crippen LogP contribution in [0.2, 0.25) is 0 Å². The summed E-state index contributed by atoms with van der Waals surface area (Å²) >= 11 is 0. The molecule has 5 nitrogen and oxygen atoms in total. The molecule has 0 radical (unpaired) electrons. The van der Waals surface area contributed by atoms with Crippen LogP contribution in [0.3, 0.4) is 0 Å². The highest BCUT2D eigenvalue weighted by Gasteiger charge is 2.19. The van der Waals surface area contributed by atoms with Crippen LogP contribution in [0.1, 0.15) is 6.92 Å². The molecule has 5 heteroatoms. The second kappa shape index (κ2) is 6.66. The predicted octanol–water partition coefficient (Wildman–Crippen LogP) is 0.724. The first-order chi connectivity index (χ1) is 7.42. The molecule has 0 saturated carbocycles. The van der Waals surface area contributed by atoms with E-state index in [9.17, 15) is 9.59 Å². The Bertz CT molecular complexity index is 311. The molecule has 0 unspecified atom stereocenters. The summed E-state index contributed by atoms with van der Waals surface area (Å²) < 4.78 is 8.98. The second-order valence-electron chi connectivity index (χ2n) is 3.38. The van der Waals surface area contributed by atoms with E-state index in [1.807, 2.05) is 14.1 Å². The average Bonchev–Trinajstić information content (AvgIpc) is 2.22. The van der Waals surface area contributed by atoms with E-state index >= 15 is 0 Å². The van der Waals surface area contributed by atoms with Crippen LogP contribution in [0.25, 0.3) is 0 Å². The maximum Gasteiger partial charge on any atom is 0.345 e. The van der Waals surface area contributed by atoms with Crippen molar-refractivity contribution in [1.82, 2.24) is 4.90 Å². The van der Waals surface area contributed by atoms with Crippen LogP contribution in [0.5, 0.6) is 0 Å². The lowest BCUT2D eigenvalue weighted by atomic mass is 10.2. The first kappa shape index (κ1) is 14.2. The smallest absolute Gasteiger partial charge is 0.345 e. The molecule has 0 aliphatic rings. The van der Waals surface area contributed by atoms with Crippen molar-refractivity contribution in [3.05, 3.63) is 23.4 Å². The average molecular weight is 227 g/mol. The molecule has 0 aromatic carbocycles. The fraction of sp³-hybridized carbons (Fsp3) is 0.455. The van der Waals surface area contributed by atoms with E-state index in [1.165, 1.54) is 20.3 Å². The van der Waals surface area contributed by atoms with Crippen molar-refractivity contribution < 1.29 is 19.1 Å². The lowest BCUT2D eigenvalue weighted by molar-refractivity contribution is -0.144. The highest BCUT2D eigenvalue weighted by molar-refractivity contribution is 6.14. The Morgan fingerprint density at radius 3 is 1.81 bits per heavy atom. The van der Waals surface area contributed by atoms with Gasteiger partial charge >= 0.3 is 11.9 Å². The van der Waals surface area contributed by atoms with Crippen LogP contribution in [0.15, 0.2) is 23.4 Å². The Labute approximate surface area is 95.3 Å². The van der Waals surface area contributed by atoms with E-state index < -0.39 is 11.9 Å². The number of carbonyl (C=O) groups is 2. The van der Waals surface area contributed by atoms with E-state index in [4.69, 9.17) is 0 Å². The molecule has 0 spiro atoms. The molecular weight excluding hydrogens is 210 g/mol. The van der Waals surface area contributed by atoms with Crippen molar-refractivity contribution in [3.63, 3.8) is 0 Å². The van der Waals surface area contributed by atoms with Gasteiger partial charge in [0.15, 0.2) is 0 Å². The minimum absolute atomic E-state index is 0.124. The summed E-state index contributed by atoms with van der Waals surface area (Å²) in [7, 11) is 6.11. The number of nitrogens with zero attached hydrogens (tertiary/aromatic N) is 1. The highest BCUT2D eigenvalue weighted by Crippen LogP contribution is 2.06. The number of hydrogen-bond acceptors (Lipinski definition) is 5. The molecule has 0 atom stereocenters. The maximum absolute atomic E-state index is 11.3. The monoisotopic (exact) mass is 227 g/mol. The Morgan fingerprint density at radius 1 is 1.06 bits per heavy atom. The molecule has 90 valence electrons. The van der Waals surface area contributed by atoms with Crippen LogP contribution >= 0.6 is 0 Å². The molecule has 0 amide bonds. The number of esters is 2. The predicted molar refractivity (Wildman–Crippen MR) is 59.6 cm³/mol. The molecule has 0 aliphatic heterocycles. The lowest BCUT2D eigenvalue weighted by Crippen LogP contribution is -2.16. The fourth-order valence-electron chi connectivity index (χ4n) is 1.09. The largest absolute Gasteiger partial charge is 0.465 e. The quantitative estimate of drug-likeness (QED) is 0.233. The Morgan fingerprint density at radius 2 is 1.50 bits per heavy atom. The molecule has 0 N–H and O–H groups in total. The van der Waals surface area contributed by atoms with E-state index in [0.717, 1.165) is 5.57 Å². The minimum atomic E-state index is -0.710. The van der Waals surface area contributed by atoms with Crippen LogP contribution in [-0.4, -0.2) is 45.2 Å². The Hall–Kier alpha value is -1.78. The van der Waals surface area contributed by atoms with Crippen molar-refractivity contribution in [2.75, 3.05) is 28.3 Å². The van der Waals surface area contributed by atoms with Crippen molar-refractivity contribution in [2.24, 2.45) is 0 Å². The van der Waals surface area contributed by atoms with Crippen LogP contribution in [0.4, 0.5) is 0 Å². The number of methoxy groups -OCH3 is 2. The van der Waals surface area contributed by atoms with Gasteiger partial charge in [0.05, 0.1) is 14.2 Å². The van der Waals surface area contributed by atoms with Crippen LogP contribution < -0.4 is 0 Å². The second-order valence-corrected chi connectivity index (χ2v) is 3.38. The summed E-state index contributed by atoms with van der Waals surface area (Å²) in [6, 6.07) is 0. The first-order valence-corrected chi connectivity index (χ1v) is 4.65. The zero-order chi connectivity index (χ0) is 12.7. The van der Waals surface area contributed by atoms with E-state index in [2.05, 4.69) is 9.47 Å². The number of carbonyl (C=O) groups excluding carboxylic acids is 2. The molecule has 0 aromatic rings. The van der Waals surface area contributed by atoms with Gasteiger partial charge in [-0.1, -0.05) is 0 Å². The van der Waals surface area contributed by atoms with Crippen molar-refractivity contribution in [2.45, 2.75) is 6.92 Å². The molecule has 0 bridgehead atoms. The molecule has 0 aliphatic carbocycles. The maximum atomic E-state index is 11.3. The summed E-state index contributed by atoms with van der Waals surface area (Å²) in [5.74, 6) is -1.42. The molecule has 0 rings (SSSR count). The molecule has 0 saturated heterocycles. The standard InChI is InChI=1S/C11H17NO4/c1-8(7-12(2)3)6-9(10(13)15-4)11(14)16-5/h6-7H,1-5H3. The molecule has 0 heterocycles. The first-order valence-electron chi connectivity index (χ1n) is 4.65. The minimum Gasteiger partial charge on any atom is -0.465 e. The normalized spacial score (nSPS) is 10.4. The summed E-state index contributed by atoms with van der Waals surface area (Å²) in [5.41, 5.74) is 0.622. The molecular formula is C11H17NO4. The van der Waals surface area contributed by atoms with Crippen molar-refractivity contribution in [3.8, 4) is 0 Å². The molecule has 0 fully saturated rings.